The van der Waals surface area contributed by atoms with Gasteiger partial charge < -0.3 is 10.4 Å². The molecule has 0 aromatic carbocycles. The van der Waals surface area contributed by atoms with Gasteiger partial charge >= 0.3 is 0 Å². The molecule has 2 N–H and O–H groups in total. The number of hydrogen-bond donors (Lipinski definition) is 2. The average Bonchev–Trinajstić information content (AvgIpc) is 2.12. The van der Waals surface area contributed by atoms with Gasteiger partial charge in [-0.15, -0.1) is 0 Å². The molecular weight excluding hydrogens is 168 g/mol. The predicted octanol–water partition coefficient (Wildman–Crippen LogP) is -0.173. The maximum atomic E-state index is 11.2. The Morgan fingerprint density at radius 1 is 1.46 bits per heavy atom. The number of hydrogen-bond acceptors (Lipinski definition) is 3. The molecule has 0 aliphatic rings. The fraction of sp³-hybridized carbons (Fsp3) is 0.889. The Morgan fingerprint density at radius 3 is 2.62 bits per heavy atom. The molecule has 0 saturated carbocycles. The molecule has 4 nitrogen and oxygen atoms in total. The number of amides is 1. The summed E-state index contributed by atoms with van der Waals surface area (Å²) in [7, 11) is 0. The summed E-state index contributed by atoms with van der Waals surface area (Å²) in [6, 6.07) is 0. The van der Waals surface area contributed by atoms with Gasteiger partial charge in [-0.05, 0) is 19.9 Å². The molecule has 0 bridgehead atoms. The topological polar surface area (TPSA) is 52.6 Å². The second-order valence-electron chi connectivity index (χ2n) is 2.90. The van der Waals surface area contributed by atoms with Crippen molar-refractivity contribution in [2.45, 2.75) is 20.3 Å². The van der Waals surface area contributed by atoms with Crippen LogP contribution in [-0.2, 0) is 4.79 Å². The zero-order valence-electron chi connectivity index (χ0n) is 8.55. The van der Waals surface area contributed by atoms with E-state index >= 15 is 0 Å². The minimum absolute atomic E-state index is 0.0577. The van der Waals surface area contributed by atoms with Crippen LogP contribution in [-0.4, -0.2) is 48.7 Å². The summed E-state index contributed by atoms with van der Waals surface area (Å²) in [6.07, 6.45) is 0.729. The highest BCUT2D eigenvalue weighted by Gasteiger charge is 2.06. The Morgan fingerprint density at radius 2 is 2.15 bits per heavy atom. The van der Waals surface area contributed by atoms with Gasteiger partial charge in [0, 0.05) is 19.7 Å². The smallest absolute Gasteiger partial charge is 0.234 e. The van der Waals surface area contributed by atoms with Crippen molar-refractivity contribution in [1.82, 2.24) is 10.2 Å². The van der Waals surface area contributed by atoms with Gasteiger partial charge in [0.1, 0.15) is 0 Å². The lowest BCUT2D eigenvalue weighted by Crippen LogP contribution is -2.37. The minimum Gasteiger partial charge on any atom is -0.396 e. The van der Waals surface area contributed by atoms with E-state index in [0.717, 1.165) is 19.5 Å². The van der Waals surface area contributed by atoms with E-state index in [2.05, 4.69) is 5.32 Å². The first kappa shape index (κ1) is 12.4. The summed E-state index contributed by atoms with van der Waals surface area (Å²) in [5.74, 6) is 0.0577. The van der Waals surface area contributed by atoms with E-state index in [1.165, 1.54) is 0 Å². The molecule has 0 saturated heterocycles. The molecule has 13 heavy (non-hydrogen) atoms. The van der Waals surface area contributed by atoms with E-state index in [0.29, 0.717) is 13.1 Å². The van der Waals surface area contributed by atoms with Gasteiger partial charge in [-0.2, -0.15) is 0 Å². The Hall–Kier alpha value is -0.610. The summed E-state index contributed by atoms with van der Waals surface area (Å²) in [6.45, 7) is 6.84. The van der Waals surface area contributed by atoms with Crippen LogP contribution in [0.2, 0.25) is 0 Å². The molecule has 0 heterocycles. The standard InChI is InChI=1S/C9H20N2O2/c1-3-10-9(13)8-11(4-2)6-5-7-12/h12H,3-8H2,1-2H3,(H,10,13). The van der Waals surface area contributed by atoms with E-state index in [9.17, 15) is 4.79 Å². The molecule has 0 aromatic heterocycles. The zero-order valence-corrected chi connectivity index (χ0v) is 8.55. The van der Waals surface area contributed by atoms with Gasteiger partial charge in [0.2, 0.25) is 5.91 Å². The van der Waals surface area contributed by atoms with Crippen LogP contribution in [0.25, 0.3) is 0 Å². The van der Waals surface area contributed by atoms with Gasteiger partial charge in [0.05, 0.1) is 6.54 Å². The van der Waals surface area contributed by atoms with Crippen LogP contribution in [0.5, 0.6) is 0 Å². The summed E-state index contributed by atoms with van der Waals surface area (Å²) < 4.78 is 0. The van der Waals surface area contributed by atoms with E-state index < -0.39 is 0 Å². The average molecular weight is 188 g/mol. The fourth-order valence-electron chi connectivity index (χ4n) is 1.10. The minimum atomic E-state index is 0.0577. The Kier molecular flexibility index (Phi) is 7.63. The molecule has 0 aromatic rings. The van der Waals surface area contributed by atoms with Crippen LogP contribution in [0.4, 0.5) is 0 Å². The summed E-state index contributed by atoms with van der Waals surface area (Å²) >= 11 is 0. The Bertz CT molecular complexity index is 140. The third kappa shape index (κ3) is 6.54. The molecule has 1 amide bonds. The van der Waals surface area contributed by atoms with Crippen molar-refractivity contribution in [3.05, 3.63) is 0 Å². The third-order valence-corrected chi connectivity index (χ3v) is 1.82. The van der Waals surface area contributed by atoms with Gasteiger partial charge in [-0.3, -0.25) is 9.69 Å². The molecule has 0 atom stereocenters. The number of carbonyl (C=O) groups is 1. The zero-order chi connectivity index (χ0) is 10.1. The molecular formula is C9H20N2O2. The van der Waals surface area contributed by atoms with Crippen LogP contribution >= 0.6 is 0 Å². The molecule has 0 radical (unpaired) electrons. The van der Waals surface area contributed by atoms with Crippen LogP contribution in [0, 0.1) is 0 Å². The second-order valence-corrected chi connectivity index (χ2v) is 2.90. The number of aliphatic hydroxyl groups excluding tert-OH is 1. The van der Waals surface area contributed by atoms with Crippen LogP contribution < -0.4 is 5.32 Å². The number of likely N-dealkylation sites (N-methyl/N-ethyl adjacent to an activating group) is 2. The van der Waals surface area contributed by atoms with Gasteiger partial charge in [-0.25, -0.2) is 0 Å². The highest BCUT2D eigenvalue weighted by molar-refractivity contribution is 5.77. The van der Waals surface area contributed by atoms with Crippen LogP contribution in [0.1, 0.15) is 20.3 Å². The number of carbonyl (C=O) groups excluding carboxylic acids is 1. The lowest BCUT2D eigenvalue weighted by Gasteiger charge is -2.18. The number of rotatable bonds is 7. The number of nitrogens with one attached hydrogen (secondary N) is 1. The van der Waals surface area contributed by atoms with Crippen molar-refractivity contribution in [3.63, 3.8) is 0 Å². The molecule has 4 heteroatoms. The second kappa shape index (κ2) is 8.01. The largest absolute Gasteiger partial charge is 0.396 e. The first-order valence-corrected chi connectivity index (χ1v) is 4.84. The maximum absolute atomic E-state index is 11.2. The van der Waals surface area contributed by atoms with Crippen molar-refractivity contribution in [1.29, 1.82) is 0 Å². The Labute approximate surface area is 79.9 Å². The SMILES string of the molecule is CCNC(=O)CN(CC)CCCO. The molecule has 0 aliphatic heterocycles. The van der Waals surface area contributed by atoms with Crippen molar-refractivity contribution < 1.29 is 9.90 Å². The summed E-state index contributed by atoms with van der Waals surface area (Å²) in [5.41, 5.74) is 0. The number of aliphatic hydroxyl groups is 1. The molecule has 0 unspecified atom stereocenters. The fourth-order valence-corrected chi connectivity index (χ4v) is 1.10. The van der Waals surface area contributed by atoms with Crippen molar-refractivity contribution in [3.8, 4) is 0 Å². The predicted molar refractivity (Wildman–Crippen MR) is 52.5 cm³/mol. The Balaban J connectivity index is 3.62. The van der Waals surface area contributed by atoms with Crippen LogP contribution in [0.3, 0.4) is 0 Å². The van der Waals surface area contributed by atoms with Gasteiger partial charge in [0.15, 0.2) is 0 Å². The molecule has 0 aliphatic carbocycles. The van der Waals surface area contributed by atoms with Crippen molar-refractivity contribution in [2.24, 2.45) is 0 Å². The lowest BCUT2D eigenvalue weighted by molar-refractivity contribution is -0.122. The van der Waals surface area contributed by atoms with Crippen molar-refractivity contribution >= 4 is 5.91 Å². The summed E-state index contributed by atoms with van der Waals surface area (Å²) in [5, 5.41) is 11.4. The molecule has 0 spiro atoms. The summed E-state index contributed by atoms with van der Waals surface area (Å²) in [4.78, 5) is 13.2. The first-order valence-electron chi connectivity index (χ1n) is 4.84. The van der Waals surface area contributed by atoms with Crippen LogP contribution in [0.15, 0.2) is 0 Å². The van der Waals surface area contributed by atoms with E-state index in [1.54, 1.807) is 0 Å². The van der Waals surface area contributed by atoms with Gasteiger partial charge in [-0.1, -0.05) is 6.92 Å². The highest BCUT2D eigenvalue weighted by atomic mass is 16.3. The lowest BCUT2D eigenvalue weighted by atomic mass is 10.3. The molecule has 78 valence electrons. The van der Waals surface area contributed by atoms with Gasteiger partial charge in [0.25, 0.3) is 0 Å². The quantitative estimate of drug-likeness (QED) is 0.583. The van der Waals surface area contributed by atoms with E-state index in [-0.39, 0.29) is 12.5 Å². The highest BCUT2D eigenvalue weighted by Crippen LogP contribution is 1.90. The monoisotopic (exact) mass is 188 g/mol. The van der Waals surface area contributed by atoms with E-state index in [4.69, 9.17) is 5.11 Å². The molecule has 0 rings (SSSR count). The first-order chi connectivity index (χ1) is 6.24. The van der Waals surface area contributed by atoms with E-state index in [1.807, 2.05) is 18.7 Å². The maximum Gasteiger partial charge on any atom is 0.234 e. The number of nitrogens with zero attached hydrogens (tertiary/aromatic N) is 1. The molecule has 0 fully saturated rings. The normalized spacial score (nSPS) is 10.5. The van der Waals surface area contributed by atoms with Crippen molar-refractivity contribution in [2.75, 3.05) is 32.8 Å². The third-order valence-electron chi connectivity index (χ3n) is 1.82.